The highest BCUT2D eigenvalue weighted by molar-refractivity contribution is 5.78. The van der Waals surface area contributed by atoms with Gasteiger partial charge >= 0.3 is 0 Å². The first-order chi connectivity index (χ1) is 10.7. The Morgan fingerprint density at radius 1 is 1.32 bits per heavy atom. The maximum atomic E-state index is 12.4. The zero-order chi connectivity index (χ0) is 15.9. The molecule has 1 heterocycles. The third-order valence-electron chi connectivity index (χ3n) is 4.31. The van der Waals surface area contributed by atoms with Crippen LogP contribution in [0.25, 0.3) is 0 Å². The lowest BCUT2D eigenvalue weighted by molar-refractivity contribution is -0.132. The van der Waals surface area contributed by atoms with E-state index < -0.39 is 0 Å². The minimum Gasteiger partial charge on any atom is -0.497 e. The van der Waals surface area contributed by atoms with Crippen molar-refractivity contribution in [3.8, 4) is 5.75 Å². The summed E-state index contributed by atoms with van der Waals surface area (Å²) in [4.78, 5) is 16.6. The summed E-state index contributed by atoms with van der Waals surface area (Å²) in [6.45, 7) is 8.78. The molecule has 22 heavy (non-hydrogen) atoms. The molecule has 1 aliphatic heterocycles. The number of ether oxygens (including phenoxy) is 1. The number of benzene rings is 1. The molecule has 1 N–H and O–H groups in total. The van der Waals surface area contributed by atoms with Crippen molar-refractivity contribution in [3.05, 3.63) is 29.8 Å². The first-order valence-electron chi connectivity index (χ1n) is 8.06. The van der Waals surface area contributed by atoms with Gasteiger partial charge in [0, 0.05) is 38.8 Å². The van der Waals surface area contributed by atoms with Crippen molar-refractivity contribution in [1.29, 1.82) is 0 Å². The van der Waals surface area contributed by atoms with Crippen LogP contribution >= 0.6 is 0 Å². The molecule has 1 atom stereocenters. The minimum atomic E-state index is 0.213. The van der Waals surface area contributed by atoms with Gasteiger partial charge in [0.1, 0.15) is 5.75 Å². The summed E-state index contributed by atoms with van der Waals surface area (Å²) in [5, 5.41) is 3.42. The topological polar surface area (TPSA) is 44.8 Å². The SMILES string of the molecule is CCN(CC)C(=O)CN1CCNC[C@@H]1c1ccc(OC)cc1. The predicted octanol–water partition coefficient (Wildman–Crippen LogP) is 1.51. The van der Waals surface area contributed by atoms with Gasteiger partial charge in [0.2, 0.25) is 5.91 Å². The zero-order valence-corrected chi connectivity index (χ0v) is 13.8. The number of piperazine rings is 1. The van der Waals surface area contributed by atoms with Gasteiger partial charge in [-0.1, -0.05) is 12.1 Å². The van der Waals surface area contributed by atoms with Crippen LogP contribution in [0.1, 0.15) is 25.5 Å². The summed E-state index contributed by atoms with van der Waals surface area (Å²) in [5.74, 6) is 1.07. The van der Waals surface area contributed by atoms with Gasteiger partial charge in [0.15, 0.2) is 0 Å². The number of methoxy groups -OCH3 is 1. The lowest BCUT2D eigenvalue weighted by Crippen LogP contribution is -2.50. The number of amides is 1. The molecule has 5 heteroatoms. The van der Waals surface area contributed by atoms with Crippen molar-refractivity contribution in [1.82, 2.24) is 15.1 Å². The second kappa shape index (κ2) is 8.15. The Bertz CT molecular complexity index is 471. The van der Waals surface area contributed by atoms with Crippen molar-refractivity contribution in [2.24, 2.45) is 0 Å². The van der Waals surface area contributed by atoms with Gasteiger partial charge in [-0.15, -0.1) is 0 Å². The Morgan fingerprint density at radius 2 is 2.00 bits per heavy atom. The summed E-state index contributed by atoms with van der Waals surface area (Å²) >= 11 is 0. The summed E-state index contributed by atoms with van der Waals surface area (Å²) in [7, 11) is 1.67. The third kappa shape index (κ3) is 3.99. The molecule has 2 rings (SSSR count). The van der Waals surface area contributed by atoms with Crippen LogP contribution in [0.5, 0.6) is 5.75 Å². The van der Waals surface area contributed by atoms with Crippen LogP contribution in [0.3, 0.4) is 0 Å². The maximum absolute atomic E-state index is 12.4. The normalized spacial score (nSPS) is 19.0. The van der Waals surface area contributed by atoms with Crippen LogP contribution in [-0.4, -0.2) is 62.1 Å². The number of carbonyl (C=O) groups excluding carboxylic acids is 1. The van der Waals surface area contributed by atoms with E-state index in [4.69, 9.17) is 4.74 Å². The maximum Gasteiger partial charge on any atom is 0.236 e. The van der Waals surface area contributed by atoms with E-state index in [1.165, 1.54) is 5.56 Å². The Hall–Kier alpha value is -1.59. The molecular weight excluding hydrogens is 278 g/mol. The molecule has 0 saturated carbocycles. The van der Waals surface area contributed by atoms with Crippen molar-refractivity contribution < 1.29 is 9.53 Å². The monoisotopic (exact) mass is 305 g/mol. The van der Waals surface area contributed by atoms with Gasteiger partial charge in [-0.3, -0.25) is 9.69 Å². The zero-order valence-electron chi connectivity index (χ0n) is 13.8. The largest absolute Gasteiger partial charge is 0.497 e. The summed E-state index contributed by atoms with van der Waals surface area (Å²) in [6.07, 6.45) is 0. The number of rotatable bonds is 6. The number of carbonyl (C=O) groups is 1. The van der Waals surface area contributed by atoms with Crippen LogP contribution < -0.4 is 10.1 Å². The number of hydrogen-bond acceptors (Lipinski definition) is 4. The average molecular weight is 305 g/mol. The van der Waals surface area contributed by atoms with Gasteiger partial charge in [-0.25, -0.2) is 0 Å². The van der Waals surface area contributed by atoms with Gasteiger partial charge in [0.25, 0.3) is 0 Å². The fraction of sp³-hybridized carbons (Fsp3) is 0.588. The fourth-order valence-corrected chi connectivity index (χ4v) is 2.94. The van der Waals surface area contributed by atoms with Crippen molar-refractivity contribution >= 4 is 5.91 Å². The van der Waals surface area contributed by atoms with E-state index in [0.29, 0.717) is 6.54 Å². The number of likely N-dealkylation sites (N-methyl/N-ethyl adjacent to an activating group) is 1. The smallest absolute Gasteiger partial charge is 0.236 e. The molecule has 1 saturated heterocycles. The molecule has 1 aromatic carbocycles. The number of hydrogen-bond donors (Lipinski definition) is 1. The molecule has 0 bridgehead atoms. The first kappa shape index (κ1) is 16.8. The number of nitrogens with zero attached hydrogens (tertiary/aromatic N) is 2. The molecule has 122 valence electrons. The van der Waals surface area contributed by atoms with Gasteiger partial charge in [-0.05, 0) is 31.5 Å². The van der Waals surface area contributed by atoms with Crippen LogP contribution in [0, 0.1) is 0 Å². The Labute approximate surface area is 133 Å². The standard InChI is InChI=1S/C17H27N3O2/c1-4-19(5-2)17(21)13-20-11-10-18-12-16(20)14-6-8-15(22-3)9-7-14/h6-9,16,18H,4-5,10-13H2,1-3H3/t16-/m1/s1. The highest BCUT2D eigenvalue weighted by Gasteiger charge is 2.26. The molecule has 1 fully saturated rings. The fourth-order valence-electron chi connectivity index (χ4n) is 2.94. The minimum absolute atomic E-state index is 0.213. The van der Waals surface area contributed by atoms with Crippen molar-refractivity contribution in [2.45, 2.75) is 19.9 Å². The summed E-state index contributed by atoms with van der Waals surface area (Å²) in [6, 6.07) is 8.37. The highest BCUT2D eigenvalue weighted by atomic mass is 16.5. The molecule has 0 aliphatic carbocycles. The van der Waals surface area contributed by atoms with E-state index in [-0.39, 0.29) is 11.9 Å². The van der Waals surface area contributed by atoms with E-state index in [9.17, 15) is 4.79 Å². The van der Waals surface area contributed by atoms with Crippen LogP contribution in [-0.2, 0) is 4.79 Å². The first-order valence-corrected chi connectivity index (χ1v) is 8.06. The van der Waals surface area contributed by atoms with Crippen molar-refractivity contribution in [3.63, 3.8) is 0 Å². The average Bonchev–Trinajstić information content (AvgIpc) is 2.56. The Morgan fingerprint density at radius 3 is 2.59 bits per heavy atom. The van der Waals surface area contributed by atoms with Gasteiger partial charge in [0.05, 0.1) is 13.7 Å². The quantitative estimate of drug-likeness (QED) is 0.865. The second-order valence-electron chi connectivity index (χ2n) is 5.53. The summed E-state index contributed by atoms with van der Waals surface area (Å²) < 4.78 is 5.22. The third-order valence-corrected chi connectivity index (χ3v) is 4.31. The van der Waals surface area contributed by atoms with Crippen LogP contribution in [0.15, 0.2) is 24.3 Å². The molecule has 1 amide bonds. The van der Waals surface area contributed by atoms with Gasteiger partial charge in [-0.2, -0.15) is 0 Å². The molecule has 5 nitrogen and oxygen atoms in total. The van der Waals surface area contributed by atoms with E-state index >= 15 is 0 Å². The molecule has 1 aromatic rings. The molecule has 0 unspecified atom stereocenters. The Balaban J connectivity index is 2.08. The lowest BCUT2D eigenvalue weighted by Gasteiger charge is -2.37. The van der Waals surface area contributed by atoms with E-state index in [2.05, 4.69) is 22.3 Å². The second-order valence-corrected chi connectivity index (χ2v) is 5.53. The van der Waals surface area contributed by atoms with Gasteiger partial charge < -0.3 is 15.0 Å². The lowest BCUT2D eigenvalue weighted by atomic mass is 10.0. The van der Waals surface area contributed by atoms with E-state index in [0.717, 1.165) is 38.5 Å². The molecular formula is C17H27N3O2. The van der Waals surface area contributed by atoms with Crippen molar-refractivity contribution in [2.75, 3.05) is 46.4 Å². The van der Waals surface area contributed by atoms with E-state index in [1.54, 1.807) is 7.11 Å². The Kier molecular flexibility index (Phi) is 6.21. The number of nitrogens with one attached hydrogen (secondary N) is 1. The van der Waals surface area contributed by atoms with Crippen LogP contribution in [0.4, 0.5) is 0 Å². The highest BCUT2D eigenvalue weighted by Crippen LogP contribution is 2.24. The molecule has 0 radical (unpaired) electrons. The predicted molar refractivity (Wildman–Crippen MR) is 88.1 cm³/mol. The molecule has 0 aromatic heterocycles. The van der Waals surface area contributed by atoms with Crippen LogP contribution in [0.2, 0.25) is 0 Å². The summed E-state index contributed by atoms with van der Waals surface area (Å²) in [5.41, 5.74) is 1.22. The van der Waals surface area contributed by atoms with E-state index in [1.807, 2.05) is 30.9 Å². The molecule has 1 aliphatic rings. The molecule has 0 spiro atoms.